The van der Waals surface area contributed by atoms with Crippen molar-refractivity contribution in [2.24, 2.45) is 68.5 Å². The lowest BCUT2D eigenvalue weighted by Gasteiger charge is -2.34. The minimum atomic E-state index is -0.365. The highest BCUT2D eigenvalue weighted by Crippen LogP contribution is 2.33. The number of unbranched alkanes of at least 4 members (excludes halogenated alkanes) is 4. The standard InChI is InChI=1S/C17H34O2.2C15H30O2.C14H28O2.C13H26O2.10CH4/c1-8-13(9-2)15(14(10-3)11-4)19-16(18)17(6,7)12-5;1-8-15(6,7)14(16)17-13(9-11(2)3)10-12(4)5;1-6-9-10-11-12-13(7-2)17-14(16)15(4,5)8-3;1-6-9-10-12(7-2)11-16-13(15)14(4,5)8-3;1-8-13(6,7)12(14)15-11(9(2)3)10(4)5;;;;;;;;;;/h13-15H,8-12H2,1-7H3;11-13H,8-10H2,1-7H3;13H,6-12H2,1-5H3;12H,6-11H2,1-5H3;9-11H,8H2,1-7H3;10*1H4. The van der Waals surface area contributed by atoms with Gasteiger partial charge in [0.05, 0.1) is 33.7 Å². The normalized spacial score (nSPS) is 11.6. The first kappa shape index (κ1) is 128. The zero-order valence-electron chi connectivity index (χ0n) is 62.0. The fourth-order valence-corrected chi connectivity index (χ4v) is 8.71. The van der Waals surface area contributed by atoms with E-state index in [-0.39, 0.29) is 156 Å². The highest BCUT2D eigenvalue weighted by molar-refractivity contribution is 5.77. The summed E-state index contributed by atoms with van der Waals surface area (Å²) in [6.07, 6.45) is 22.3. The van der Waals surface area contributed by atoms with E-state index in [1.54, 1.807) is 0 Å². The molecule has 0 spiro atoms. The van der Waals surface area contributed by atoms with Crippen LogP contribution < -0.4 is 0 Å². The molecule has 0 aromatic carbocycles. The molecule has 0 amide bonds. The van der Waals surface area contributed by atoms with E-state index in [1.807, 2.05) is 104 Å². The van der Waals surface area contributed by atoms with Crippen molar-refractivity contribution in [3.8, 4) is 0 Å². The van der Waals surface area contributed by atoms with Crippen LogP contribution in [0.5, 0.6) is 0 Å². The van der Waals surface area contributed by atoms with Crippen molar-refractivity contribution in [2.75, 3.05) is 6.61 Å². The molecule has 0 fully saturated rings. The molecule has 0 radical (unpaired) electrons. The van der Waals surface area contributed by atoms with Crippen molar-refractivity contribution in [3.63, 3.8) is 0 Å². The van der Waals surface area contributed by atoms with Crippen LogP contribution in [-0.2, 0) is 47.7 Å². The Morgan fingerprint density at radius 2 is 0.596 bits per heavy atom. The van der Waals surface area contributed by atoms with E-state index in [0.29, 0.717) is 48.0 Å². The minimum absolute atomic E-state index is 0. The fraction of sp³-hybridized carbons (Fsp3) is 0.940. The molecule has 94 heavy (non-hydrogen) atoms. The van der Waals surface area contributed by atoms with Gasteiger partial charge in [-0.05, 0) is 207 Å². The largest absolute Gasteiger partial charge is 0.465 e. The lowest BCUT2D eigenvalue weighted by molar-refractivity contribution is -0.167. The molecule has 0 N–H and O–H groups in total. The molecule has 0 aliphatic rings. The van der Waals surface area contributed by atoms with Crippen molar-refractivity contribution >= 4 is 29.8 Å². The van der Waals surface area contributed by atoms with Gasteiger partial charge in [0.15, 0.2) is 0 Å². The Labute approximate surface area is 597 Å². The first-order chi connectivity index (χ1) is 38.7. The van der Waals surface area contributed by atoms with E-state index in [9.17, 15) is 24.0 Å². The van der Waals surface area contributed by atoms with Crippen molar-refractivity contribution in [1.82, 2.24) is 0 Å². The predicted octanol–water partition coefficient (Wildman–Crippen LogP) is 28.5. The van der Waals surface area contributed by atoms with Crippen molar-refractivity contribution in [3.05, 3.63) is 0 Å². The van der Waals surface area contributed by atoms with Crippen LogP contribution in [0.3, 0.4) is 0 Å². The molecule has 10 heteroatoms. The van der Waals surface area contributed by atoms with Gasteiger partial charge in [-0.25, -0.2) is 0 Å². The number of carbonyl (C=O) groups excluding carboxylic acids is 5. The van der Waals surface area contributed by atoms with Gasteiger partial charge < -0.3 is 23.7 Å². The van der Waals surface area contributed by atoms with Crippen LogP contribution in [0, 0.1) is 68.5 Å². The predicted molar refractivity (Wildman–Crippen MR) is 427 cm³/mol. The maximum absolute atomic E-state index is 12.4. The summed E-state index contributed by atoms with van der Waals surface area (Å²) in [6, 6.07) is 0. The molecule has 0 aromatic heterocycles. The minimum Gasteiger partial charge on any atom is -0.465 e. The zero-order chi connectivity index (χ0) is 66.8. The average Bonchev–Trinajstić information content (AvgIpc) is 1.29. The maximum atomic E-state index is 12.4. The second kappa shape index (κ2) is 68.9. The van der Waals surface area contributed by atoms with Crippen LogP contribution in [0.15, 0.2) is 0 Å². The molecule has 10 nitrogen and oxygen atoms in total. The van der Waals surface area contributed by atoms with Crippen LogP contribution in [0.25, 0.3) is 0 Å². The van der Waals surface area contributed by atoms with Gasteiger partial charge >= 0.3 is 29.8 Å². The zero-order valence-corrected chi connectivity index (χ0v) is 62.0. The summed E-state index contributed by atoms with van der Waals surface area (Å²) in [5.41, 5.74) is -1.75. The third-order valence-electron chi connectivity index (χ3n) is 17.9. The Morgan fingerprint density at radius 3 is 0.851 bits per heavy atom. The first-order valence-corrected chi connectivity index (χ1v) is 34.7. The van der Waals surface area contributed by atoms with E-state index in [4.69, 9.17) is 23.7 Å². The third-order valence-corrected chi connectivity index (χ3v) is 17.9. The number of hydrogen-bond acceptors (Lipinski definition) is 10. The molecule has 0 heterocycles. The SMILES string of the molecule is C.C.C.C.C.C.C.C.C.C.CCC(C)(C)C(=O)OC(C(C)C)C(C)C.CCC(C)(C)C(=O)OC(CC(C)C)CC(C)C.CCC(CC)C(OC(=O)C(C)(C)CC)C(CC)CC.CCCCC(CC)COC(=O)C(C)(C)CC.CCCCCCC(CC)OC(=O)C(C)(C)CC. The quantitative estimate of drug-likeness (QED) is 0.0334. The van der Waals surface area contributed by atoms with Gasteiger partial charge in [-0.3, -0.25) is 24.0 Å². The number of esters is 5. The van der Waals surface area contributed by atoms with Crippen LogP contribution in [0.2, 0.25) is 0 Å². The van der Waals surface area contributed by atoms with Gasteiger partial charge in [-0.15, -0.1) is 0 Å². The van der Waals surface area contributed by atoms with Gasteiger partial charge in [0, 0.05) is 0 Å². The monoisotopic (exact) mass is 1360 g/mol. The molecule has 2 unspecified atom stereocenters. The van der Waals surface area contributed by atoms with Gasteiger partial charge in [0.25, 0.3) is 0 Å². The van der Waals surface area contributed by atoms with E-state index in [2.05, 4.69) is 111 Å². The Balaban J connectivity index is -0.0000000623. The highest BCUT2D eigenvalue weighted by atomic mass is 16.6. The maximum Gasteiger partial charge on any atom is 0.311 e. The molecule has 0 saturated heterocycles. The lowest BCUT2D eigenvalue weighted by atomic mass is 9.83. The Kier molecular flexibility index (Phi) is 93.7. The lowest BCUT2D eigenvalue weighted by Crippen LogP contribution is -2.38. The van der Waals surface area contributed by atoms with Gasteiger partial charge in [0.1, 0.15) is 24.4 Å². The molecule has 0 rings (SSSR count). The molecule has 0 bridgehead atoms. The first-order valence-electron chi connectivity index (χ1n) is 34.7. The highest BCUT2D eigenvalue weighted by Gasteiger charge is 2.36. The van der Waals surface area contributed by atoms with Gasteiger partial charge in [-0.1, -0.05) is 258 Å². The Hall–Kier alpha value is -2.65. The summed E-state index contributed by atoms with van der Waals surface area (Å²) in [4.78, 5) is 60.0. The van der Waals surface area contributed by atoms with E-state index in [0.717, 1.165) is 89.9 Å². The molecule has 0 aliphatic carbocycles. The number of ether oxygens (including phenoxy) is 5. The number of hydrogen-bond donors (Lipinski definition) is 0. The van der Waals surface area contributed by atoms with E-state index >= 15 is 0 Å². The average molecular weight is 1360 g/mol. The van der Waals surface area contributed by atoms with Crippen LogP contribution in [-0.4, -0.2) is 60.9 Å². The molecule has 0 aliphatic heterocycles. The molecule has 584 valence electrons. The summed E-state index contributed by atoms with van der Waals surface area (Å²) in [5, 5.41) is 0. The van der Waals surface area contributed by atoms with Crippen molar-refractivity contribution in [2.45, 2.75) is 448 Å². The van der Waals surface area contributed by atoms with E-state index < -0.39 is 0 Å². The molecular formula is C84H188O10. The summed E-state index contributed by atoms with van der Waals surface area (Å²) in [7, 11) is 0. The summed E-state index contributed by atoms with van der Waals surface area (Å²) in [5.74, 6) is 3.16. The van der Waals surface area contributed by atoms with Gasteiger partial charge in [0.2, 0.25) is 0 Å². The van der Waals surface area contributed by atoms with Crippen LogP contribution in [0.1, 0.15) is 424 Å². The number of rotatable bonds is 38. The molecule has 0 saturated carbocycles. The summed E-state index contributed by atoms with van der Waals surface area (Å²) >= 11 is 0. The molecule has 0 aromatic rings. The van der Waals surface area contributed by atoms with Crippen molar-refractivity contribution in [1.29, 1.82) is 0 Å². The van der Waals surface area contributed by atoms with Crippen LogP contribution >= 0.6 is 0 Å². The second-order valence-corrected chi connectivity index (χ2v) is 29.2. The van der Waals surface area contributed by atoms with Gasteiger partial charge in [-0.2, -0.15) is 0 Å². The second-order valence-electron chi connectivity index (χ2n) is 29.2. The summed E-state index contributed by atoms with van der Waals surface area (Å²) in [6.45, 7) is 64.8. The molecular weight excluding hydrogens is 1170 g/mol. The van der Waals surface area contributed by atoms with Crippen LogP contribution in [0.4, 0.5) is 0 Å². The van der Waals surface area contributed by atoms with Crippen molar-refractivity contribution < 1.29 is 47.7 Å². The smallest absolute Gasteiger partial charge is 0.311 e. The fourth-order valence-electron chi connectivity index (χ4n) is 8.71. The topological polar surface area (TPSA) is 132 Å². The number of carbonyl (C=O) groups is 5. The third kappa shape index (κ3) is 58.3. The molecule has 2 atom stereocenters. The Bertz CT molecular complexity index is 1620. The summed E-state index contributed by atoms with van der Waals surface area (Å²) < 4.78 is 28.2. The van der Waals surface area contributed by atoms with E-state index in [1.165, 1.54) is 44.9 Å². The Morgan fingerprint density at radius 1 is 0.309 bits per heavy atom.